The first-order chi connectivity index (χ1) is 12.3. The molecule has 1 aromatic carbocycles. The number of carbonyl (C=O) groups is 1. The van der Waals surface area contributed by atoms with Crippen LogP contribution in [0.1, 0.15) is 17.3 Å². The van der Waals surface area contributed by atoms with Crippen LogP contribution in [0.25, 0.3) is 9.88 Å². The minimum atomic E-state index is -3.89. The predicted octanol–water partition coefficient (Wildman–Crippen LogP) is 3.18. The topological polar surface area (TPSA) is 132 Å². The van der Waals surface area contributed by atoms with Gasteiger partial charge in [0.1, 0.15) is 0 Å². The van der Waals surface area contributed by atoms with Crippen molar-refractivity contribution in [2.75, 3.05) is 4.72 Å². The van der Waals surface area contributed by atoms with Crippen molar-refractivity contribution < 1.29 is 18.1 Å². The average Bonchev–Trinajstić information content (AvgIpc) is 3.23. The standard InChI is InChI=1S/C14H10N4O5S3/c1-8(19)9-2-4-10(5-3-9)26(22,23)17-14-16-15-13(25-14)11-6-7-12(24-11)18(20)21/h2-7H,1H3,(H,16,17). The Bertz CT molecular complexity index is 1090. The molecule has 0 radical (unpaired) electrons. The Morgan fingerprint density at radius 1 is 1.12 bits per heavy atom. The van der Waals surface area contributed by atoms with Gasteiger partial charge in [-0.05, 0) is 25.1 Å². The number of aromatic nitrogens is 2. The number of nitrogens with zero attached hydrogens (tertiary/aromatic N) is 3. The molecule has 3 aromatic rings. The van der Waals surface area contributed by atoms with E-state index >= 15 is 0 Å². The van der Waals surface area contributed by atoms with Crippen LogP contribution in [-0.4, -0.2) is 29.3 Å². The number of carbonyl (C=O) groups excluding carboxylic acids is 1. The summed E-state index contributed by atoms with van der Waals surface area (Å²) in [7, 11) is -3.89. The van der Waals surface area contributed by atoms with Gasteiger partial charge in [-0.2, -0.15) is 0 Å². The Balaban J connectivity index is 1.81. The number of benzene rings is 1. The van der Waals surface area contributed by atoms with Crippen LogP contribution in [-0.2, 0) is 10.0 Å². The van der Waals surface area contributed by atoms with Gasteiger partial charge in [0, 0.05) is 11.6 Å². The first-order valence-corrected chi connectivity index (χ1v) is 10.1. The number of nitro groups is 1. The highest BCUT2D eigenvalue weighted by Crippen LogP contribution is 2.35. The molecular weight excluding hydrogens is 400 g/mol. The molecule has 26 heavy (non-hydrogen) atoms. The average molecular weight is 410 g/mol. The number of sulfonamides is 1. The highest BCUT2D eigenvalue weighted by molar-refractivity contribution is 7.93. The van der Waals surface area contributed by atoms with E-state index in [2.05, 4.69) is 14.9 Å². The van der Waals surface area contributed by atoms with Crippen LogP contribution in [0.15, 0.2) is 41.3 Å². The lowest BCUT2D eigenvalue weighted by atomic mass is 10.2. The van der Waals surface area contributed by atoms with E-state index < -0.39 is 14.9 Å². The van der Waals surface area contributed by atoms with E-state index in [1.165, 1.54) is 43.3 Å². The van der Waals surface area contributed by atoms with Gasteiger partial charge in [0.25, 0.3) is 10.0 Å². The van der Waals surface area contributed by atoms with Crippen molar-refractivity contribution in [2.45, 2.75) is 11.8 Å². The maximum Gasteiger partial charge on any atom is 0.324 e. The van der Waals surface area contributed by atoms with Gasteiger partial charge in [-0.3, -0.25) is 19.6 Å². The molecule has 9 nitrogen and oxygen atoms in total. The largest absolute Gasteiger partial charge is 0.324 e. The lowest BCUT2D eigenvalue weighted by Gasteiger charge is -2.05. The van der Waals surface area contributed by atoms with Gasteiger partial charge in [-0.1, -0.05) is 34.8 Å². The third-order valence-electron chi connectivity index (χ3n) is 3.20. The highest BCUT2D eigenvalue weighted by atomic mass is 32.2. The summed E-state index contributed by atoms with van der Waals surface area (Å²) in [4.78, 5) is 22.0. The molecule has 2 aromatic heterocycles. The van der Waals surface area contributed by atoms with Gasteiger partial charge in [-0.15, -0.1) is 10.2 Å². The zero-order valence-corrected chi connectivity index (χ0v) is 15.5. The maximum atomic E-state index is 12.4. The quantitative estimate of drug-likeness (QED) is 0.375. The molecule has 0 spiro atoms. The Labute approximate surface area is 155 Å². The second-order valence-corrected chi connectivity index (χ2v) is 8.72. The molecule has 0 unspecified atom stereocenters. The van der Waals surface area contributed by atoms with Crippen LogP contribution < -0.4 is 4.72 Å². The van der Waals surface area contributed by atoms with Crippen LogP contribution in [0.2, 0.25) is 0 Å². The molecule has 0 atom stereocenters. The molecular formula is C14H10N4O5S3. The second kappa shape index (κ2) is 6.90. The summed E-state index contributed by atoms with van der Waals surface area (Å²) >= 11 is 1.89. The van der Waals surface area contributed by atoms with Crippen molar-refractivity contribution in [3.63, 3.8) is 0 Å². The molecule has 1 N–H and O–H groups in total. The van der Waals surface area contributed by atoms with E-state index in [1.54, 1.807) is 0 Å². The Hall–Kier alpha value is -2.70. The van der Waals surface area contributed by atoms with Crippen molar-refractivity contribution in [1.82, 2.24) is 10.2 Å². The van der Waals surface area contributed by atoms with E-state index in [9.17, 15) is 23.3 Å². The van der Waals surface area contributed by atoms with Crippen LogP contribution in [0, 0.1) is 10.1 Å². The minimum Gasteiger partial charge on any atom is -0.295 e. The van der Waals surface area contributed by atoms with Crippen molar-refractivity contribution >= 4 is 48.6 Å². The number of anilines is 1. The summed E-state index contributed by atoms with van der Waals surface area (Å²) in [6, 6.07) is 8.37. The fraction of sp³-hybridized carbons (Fsp3) is 0.0714. The second-order valence-electron chi connectivity index (χ2n) is 4.99. The molecule has 0 saturated carbocycles. The lowest BCUT2D eigenvalue weighted by molar-refractivity contribution is -0.380. The molecule has 0 aliphatic carbocycles. The van der Waals surface area contributed by atoms with E-state index in [0.29, 0.717) is 15.4 Å². The number of hydrogen-bond donors (Lipinski definition) is 1. The Morgan fingerprint density at radius 2 is 1.81 bits per heavy atom. The van der Waals surface area contributed by atoms with Crippen LogP contribution in [0.4, 0.5) is 10.1 Å². The number of hydrogen-bond acceptors (Lipinski definition) is 9. The summed E-state index contributed by atoms with van der Waals surface area (Å²) in [6.07, 6.45) is 0. The monoisotopic (exact) mass is 410 g/mol. The van der Waals surface area contributed by atoms with E-state index in [1.807, 2.05) is 0 Å². The summed E-state index contributed by atoms with van der Waals surface area (Å²) in [5, 5.41) is 18.7. The Morgan fingerprint density at radius 3 is 2.38 bits per heavy atom. The molecule has 134 valence electrons. The number of ketones is 1. The molecule has 0 bridgehead atoms. The number of rotatable bonds is 6. The molecule has 2 heterocycles. The summed E-state index contributed by atoms with van der Waals surface area (Å²) in [5.74, 6) is -0.166. The zero-order valence-electron chi connectivity index (χ0n) is 13.1. The molecule has 3 rings (SSSR count). The molecule has 0 amide bonds. The molecule has 0 aliphatic rings. The molecule has 0 fully saturated rings. The molecule has 0 saturated heterocycles. The number of thiophene rings is 1. The van der Waals surface area contributed by atoms with Gasteiger partial charge in [0.2, 0.25) is 5.13 Å². The van der Waals surface area contributed by atoms with E-state index in [-0.39, 0.29) is 20.8 Å². The van der Waals surface area contributed by atoms with Crippen molar-refractivity contribution in [1.29, 1.82) is 0 Å². The first kappa shape index (κ1) is 18.1. The normalized spacial score (nSPS) is 11.3. The molecule has 12 heteroatoms. The lowest BCUT2D eigenvalue weighted by Crippen LogP contribution is -2.13. The van der Waals surface area contributed by atoms with Gasteiger partial charge in [0.05, 0.1) is 14.7 Å². The zero-order chi connectivity index (χ0) is 18.9. The number of nitrogens with one attached hydrogen (secondary N) is 1. The van der Waals surface area contributed by atoms with Crippen LogP contribution in [0.5, 0.6) is 0 Å². The van der Waals surface area contributed by atoms with Crippen molar-refractivity contribution in [2.24, 2.45) is 0 Å². The predicted molar refractivity (Wildman–Crippen MR) is 97.1 cm³/mol. The fourth-order valence-electron chi connectivity index (χ4n) is 1.95. The van der Waals surface area contributed by atoms with Gasteiger partial charge in [0.15, 0.2) is 10.8 Å². The first-order valence-electron chi connectivity index (χ1n) is 6.98. The summed E-state index contributed by atoms with van der Waals surface area (Å²) in [6.45, 7) is 1.39. The summed E-state index contributed by atoms with van der Waals surface area (Å²) in [5.41, 5.74) is 0.404. The van der Waals surface area contributed by atoms with Crippen molar-refractivity contribution in [3.05, 3.63) is 52.1 Å². The smallest absolute Gasteiger partial charge is 0.295 e. The van der Waals surface area contributed by atoms with Crippen LogP contribution >= 0.6 is 22.7 Å². The van der Waals surface area contributed by atoms with E-state index in [0.717, 1.165) is 22.7 Å². The number of Topliss-reactive ketones (excluding diaryl/α,β-unsaturated/α-hetero) is 1. The van der Waals surface area contributed by atoms with Gasteiger partial charge >= 0.3 is 5.00 Å². The van der Waals surface area contributed by atoms with Crippen LogP contribution in [0.3, 0.4) is 0 Å². The van der Waals surface area contributed by atoms with Gasteiger partial charge in [-0.25, -0.2) is 8.42 Å². The summed E-state index contributed by atoms with van der Waals surface area (Å²) < 4.78 is 27.1. The van der Waals surface area contributed by atoms with Gasteiger partial charge < -0.3 is 0 Å². The Kier molecular flexibility index (Phi) is 4.80. The third-order valence-corrected chi connectivity index (χ3v) is 6.73. The van der Waals surface area contributed by atoms with E-state index in [4.69, 9.17) is 0 Å². The fourth-order valence-corrected chi connectivity index (χ4v) is 4.79. The molecule has 0 aliphatic heterocycles. The maximum absolute atomic E-state index is 12.4. The highest BCUT2D eigenvalue weighted by Gasteiger charge is 2.19. The SMILES string of the molecule is CC(=O)c1ccc(S(=O)(=O)Nc2nnc(-c3ccc([N+](=O)[O-])s3)s2)cc1. The van der Waals surface area contributed by atoms with Crippen molar-refractivity contribution in [3.8, 4) is 9.88 Å². The minimum absolute atomic E-state index is 0.0222. The third kappa shape index (κ3) is 3.76.